The Bertz CT molecular complexity index is 916. The summed E-state index contributed by atoms with van der Waals surface area (Å²) in [6, 6.07) is 0. The molecule has 4 saturated carbocycles. The maximum absolute atomic E-state index is 13.4. The fourth-order valence-corrected chi connectivity index (χ4v) is 8.58. The Morgan fingerprint density at radius 2 is 1.79 bits per heavy atom. The molecule has 8 heteroatoms. The number of hydrogen-bond donors (Lipinski definition) is 2. The first kappa shape index (κ1) is 24.8. The maximum atomic E-state index is 13.4. The molecule has 0 heterocycles. The monoisotopic (exact) mass is 481 g/mol. The van der Waals surface area contributed by atoms with E-state index in [9.17, 15) is 22.8 Å². The quantitative estimate of drug-likeness (QED) is 0.537. The number of Topliss-reactive ketones (excluding diaryl/α,β-unsaturated/α-hetero) is 2. The van der Waals surface area contributed by atoms with Crippen LogP contribution in [0.3, 0.4) is 0 Å². The lowest BCUT2D eigenvalue weighted by Crippen LogP contribution is -2.56. The Kier molecular flexibility index (Phi) is 6.82. The molecule has 0 aromatic carbocycles. The number of ketones is 2. The molecule has 0 bridgehead atoms. The average molecular weight is 482 g/mol. The van der Waals surface area contributed by atoms with Gasteiger partial charge in [0, 0.05) is 38.1 Å². The van der Waals surface area contributed by atoms with Crippen LogP contribution in [0, 0.1) is 40.4 Å². The maximum Gasteiger partial charge on any atom is 0.266 e. The molecule has 33 heavy (non-hydrogen) atoms. The van der Waals surface area contributed by atoms with E-state index in [1.807, 2.05) is 0 Å². The Morgan fingerprint density at radius 3 is 2.52 bits per heavy atom. The third kappa shape index (κ3) is 4.79. The van der Waals surface area contributed by atoms with Crippen LogP contribution in [0.1, 0.15) is 84.5 Å². The van der Waals surface area contributed by atoms with Crippen molar-refractivity contribution in [1.82, 2.24) is 5.32 Å². The summed E-state index contributed by atoms with van der Waals surface area (Å²) in [5.74, 6) is 1.75. The molecule has 186 valence electrons. The van der Waals surface area contributed by atoms with Gasteiger partial charge in [-0.15, -0.1) is 0 Å². The van der Waals surface area contributed by atoms with Crippen LogP contribution in [0.15, 0.2) is 0 Å². The second-order valence-electron chi connectivity index (χ2n) is 11.7. The van der Waals surface area contributed by atoms with Gasteiger partial charge in [0.05, 0.1) is 5.75 Å². The SMILES string of the molecule is CC12CCC3C(C(=O)CC4CC(=O)CCC43C)C1CCC2CCCC(=O)NCCS(=O)(=O)O. The normalized spacial score (nSPS) is 40.6. The van der Waals surface area contributed by atoms with E-state index in [1.165, 1.54) is 0 Å². The number of fused-ring (bicyclic) bond motifs is 5. The van der Waals surface area contributed by atoms with Gasteiger partial charge in [-0.2, -0.15) is 8.42 Å². The highest BCUT2D eigenvalue weighted by atomic mass is 32.2. The van der Waals surface area contributed by atoms with E-state index < -0.39 is 15.9 Å². The Labute approximate surface area is 197 Å². The first-order valence-electron chi connectivity index (χ1n) is 12.7. The van der Waals surface area contributed by atoms with Gasteiger partial charge in [0.25, 0.3) is 10.1 Å². The van der Waals surface area contributed by atoms with Gasteiger partial charge < -0.3 is 5.32 Å². The average Bonchev–Trinajstić information content (AvgIpc) is 3.05. The molecule has 0 radical (unpaired) electrons. The van der Waals surface area contributed by atoms with Gasteiger partial charge in [-0.3, -0.25) is 18.9 Å². The van der Waals surface area contributed by atoms with Gasteiger partial charge in [-0.25, -0.2) is 0 Å². The summed E-state index contributed by atoms with van der Waals surface area (Å²) in [4.78, 5) is 37.5. The summed E-state index contributed by atoms with van der Waals surface area (Å²) < 4.78 is 30.3. The van der Waals surface area contributed by atoms with Crippen molar-refractivity contribution in [2.75, 3.05) is 12.3 Å². The highest BCUT2D eigenvalue weighted by Crippen LogP contribution is 2.66. The summed E-state index contributed by atoms with van der Waals surface area (Å²) in [7, 11) is -4.06. The summed E-state index contributed by atoms with van der Waals surface area (Å²) >= 11 is 0. The number of carbonyl (C=O) groups excluding carboxylic acids is 3. The van der Waals surface area contributed by atoms with E-state index in [1.54, 1.807) is 0 Å². The number of hydrogen-bond acceptors (Lipinski definition) is 5. The van der Waals surface area contributed by atoms with Crippen molar-refractivity contribution in [1.29, 1.82) is 0 Å². The number of rotatable bonds is 7. The molecule has 7 unspecified atom stereocenters. The van der Waals surface area contributed by atoms with Crippen molar-refractivity contribution in [2.24, 2.45) is 40.4 Å². The van der Waals surface area contributed by atoms with Gasteiger partial charge in [-0.05, 0) is 79.4 Å². The lowest BCUT2D eigenvalue weighted by atomic mass is 9.44. The molecular weight excluding hydrogens is 442 g/mol. The smallest absolute Gasteiger partial charge is 0.266 e. The second kappa shape index (κ2) is 9.06. The molecule has 0 aromatic heterocycles. The van der Waals surface area contributed by atoms with Crippen LogP contribution in [0.4, 0.5) is 0 Å². The molecule has 4 aliphatic carbocycles. The van der Waals surface area contributed by atoms with E-state index in [4.69, 9.17) is 4.55 Å². The van der Waals surface area contributed by atoms with Crippen molar-refractivity contribution in [3.05, 3.63) is 0 Å². The van der Waals surface area contributed by atoms with Gasteiger partial charge in [0.1, 0.15) is 11.6 Å². The third-order valence-electron chi connectivity index (χ3n) is 10.1. The minimum absolute atomic E-state index is 0.0720. The van der Waals surface area contributed by atoms with Crippen molar-refractivity contribution >= 4 is 27.6 Å². The van der Waals surface area contributed by atoms with Crippen LogP contribution in [0.5, 0.6) is 0 Å². The van der Waals surface area contributed by atoms with Crippen molar-refractivity contribution in [3.8, 4) is 0 Å². The molecule has 0 saturated heterocycles. The molecule has 2 N–H and O–H groups in total. The summed E-state index contributed by atoms with van der Waals surface area (Å²) in [5, 5.41) is 2.56. The zero-order valence-corrected chi connectivity index (χ0v) is 20.8. The summed E-state index contributed by atoms with van der Waals surface area (Å²) in [6.45, 7) is 4.64. The summed E-state index contributed by atoms with van der Waals surface area (Å²) in [6.07, 6.45) is 9.16. The first-order chi connectivity index (χ1) is 15.4. The zero-order valence-electron chi connectivity index (χ0n) is 20.0. The molecule has 0 aliphatic heterocycles. The zero-order chi connectivity index (χ0) is 24.0. The van der Waals surface area contributed by atoms with Gasteiger partial charge in [-0.1, -0.05) is 13.8 Å². The second-order valence-corrected chi connectivity index (χ2v) is 13.3. The number of carbonyl (C=O) groups is 3. The first-order valence-corrected chi connectivity index (χ1v) is 14.3. The fraction of sp³-hybridized carbons (Fsp3) is 0.880. The Hall–Kier alpha value is -1.28. The van der Waals surface area contributed by atoms with Gasteiger partial charge in [0.15, 0.2) is 0 Å². The van der Waals surface area contributed by atoms with E-state index in [2.05, 4.69) is 19.2 Å². The highest BCUT2D eigenvalue weighted by Gasteiger charge is 2.62. The predicted octanol–water partition coefficient (Wildman–Crippen LogP) is 3.57. The van der Waals surface area contributed by atoms with Crippen molar-refractivity contribution in [2.45, 2.75) is 84.5 Å². The molecule has 4 rings (SSSR count). The molecule has 0 aromatic rings. The predicted molar refractivity (Wildman–Crippen MR) is 124 cm³/mol. The Morgan fingerprint density at radius 1 is 1.06 bits per heavy atom. The number of amides is 1. The summed E-state index contributed by atoms with van der Waals surface area (Å²) in [5.41, 5.74) is 0.248. The molecule has 4 aliphatic rings. The topological polar surface area (TPSA) is 118 Å². The van der Waals surface area contributed by atoms with Crippen molar-refractivity contribution in [3.63, 3.8) is 0 Å². The van der Waals surface area contributed by atoms with Gasteiger partial charge in [0.2, 0.25) is 5.91 Å². The fourth-order valence-electron chi connectivity index (χ4n) is 8.22. The van der Waals surface area contributed by atoms with Crippen LogP contribution < -0.4 is 5.32 Å². The largest absolute Gasteiger partial charge is 0.355 e. The van der Waals surface area contributed by atoms with Crippen LogP contribution in [-0.4, -0.2) is 42.7 Å². The van der Waals surface area contributed by atoms with Crippen LogP contribution in [0.25, 0.3) is 0 Å². The molecule has 0 spiro atoms. The van der Waals surface area contributed by atoms with Crippen molar-refractivity contribution < 1.29 is 27.4 Å². The van der Waals surface area contributed by atoms with E-state index >= 15 is 0 Å². The Balaban J connectivity index is 1.35. The van der Waals surface area contributed by atoms with Gasteiger partial charge >= 0.3 is 0 Å². The van der Waals surface area contributed by atoms with Crippen LogP contribution >= 0.6 is 0 Å². The molecule has 1 amide bonds. The lowest BCUT2D eigenvalue weighted by Gasteiger charge is -2.59. The molecule has 4 fully saturated rings. The standard InChI is InChI=1S/C25H39NO6S/c1-24-11-9-20-23(21(28)15-17-14-18(27)8-10-25(17,20)2)19(24)7-6-16(24)4-3-5-22(29)26-12-13-33(30,31)32/h16-17,19-20,23H,3-15H2,1-2H3,(H,26,29)(H,30,31,32). The highest BCUT2D eigenvalue weighted by molar-refractivity contribution is 7.85. The number of nitrogens with one attached hydrogen (secondary N) is 1. The van der Waals surface area contributed by atoms with E-state index in [0.29, 0.717) is 55.0 Å². The van der Waals surface area contributed by atoms with E-state index in [-0.39, 0.29) is 35.1 Å². The minimum Gasteiger partial charge on any atom is -0.355 e. The lowest BCUT2D eigenvalue weighted by molar-refractivity contribution is -0.158. The molecule has 7 nitrogen and oxygen atoms in total. The van der Waals surface area contributed by atoms with E-state index in [0.717, 1.165) is 44.9 Å². The minimum atomic E-state index is -4.06. The third-order valence-corrected chi connectivity index (χ3v) is 10.8. The molecule has 7 atom stereocenters. The van der Waals surface area contributed by atoms with Crippen LogP contribution in [0.2, 0.25) is 0 Å². The van der Waals surface area contributed by atoms with Crippen LogP contribution in [-0.2, 0) is 24.5 Å². The molecular formula is C25H39NO6S.